The van der Waals surface area contributed by atoms with E-state index >= 15 is 0 Å². The van der Waals surface area contributed by atoms with Gasteiger partial charge >= 0.3 is 0 Å². The Morgan fingerprint density at radius 1 is 1.06 bits per heavy atom. The van der Waals surface area contributed by atoms with E-state index in [1.165, 1.54) is 47.6 Å². The Morgan fingerprint density at radius 3 is 2.56 bits per heavy atom. The quantitative estimate of drug-likeness (QED) is 0.316. The van der Waals surface area contributed by atoms with Crippen LogP contribution in [0.15, 0.2) is 65.8 Å². The first-order valence-electron chi connectivity index (χ1n) is 9.80. The molecule has 0 bridgehead atoms. The Hall–Kier alpha value is -4.21. The second-order valence-corrected chi connectivity index (χ2v) is 7.65. The third-order valence-corrected chi connectivity index (χ3v) is 5.99. The summed E-state index contributed by atoms with van der Waals surface area (Å²) in [6.07, 6.45) is 4.72. The van der Waals surface area contributed by atoms with Gasteiger partial charge in [-0.1, -0.05) is 30.3 Å². The van der Waals surface area contributed by atoms with Gasteiger partial charge in [0.05, 0.1) is 28.5 Å². The molecule has 3 heterocycles. The van der Waals surface area contributed by atoms with Gasteiger partial charge in [-0.2, -0.15) is 5.10 Å². The zero-order valence-electron chi connectivity index (χ0n) is 16.4. The molecule has 2 saturated heterocycles. The van der Waals surface area contributed by atoms with Crippen molar-refractivity contribution in [2.45, 2.75) is 12.1 Å². The number of benzene rings is 2. The Morgan fingerprint density at radius 2 is 1.81 bits per heavy atom. The fraction of sp³-hybridized carbons (Fsp3) is 0.182. The average molecular weight is 434 g/mol. The van der Waals surface area contributed by atoms with Crippen LogP contribution in [0.3, 0.4) is 0 Å². The summed E-state index contributed by atoms with van der Waals surface area (Å²) in [6, 6.07) is 8.76. The molecule has 3 aliphatic rings. The summed E-state index contributed by atoms with van der Waals surface area (Å²) in [4.78, 5) is 51.4. The fourth-order valence-electron chi connectivity index (χ4n) is 4.65. The predicted molar refractivity (Wildman–Crippen MR) is 110 cm³/mol. The van der Waals surface area contributed by atoms with Crippen LogP contribution in [0.2, 0.25) is 0 Å². The molecule has 0 unspecified atom stereocenters. The van der Waals surface area contributed by atoms with Crippen molar-refractivity contribution in [2.24, 2.45) is 16.9 Å². The molecule has 0 aromatic heterocycles. The molecule has 2 fully saturated rings. The van der Waals surface area contributed by atoms with E-state index in [4.69, 9.17) is 0 Å². The van der Waals surface area contributed by atoms with E-state index < -0.39 is 52.3 Å². The molecule has 32 heavy (non-hydrogen) atoms. The number of imide groups is 1. The topological polar surface area (TPSA) is 113 Å². The molecule has 3 aliphatic heterocycles. The summed E-state index contributed by atoms with van der Waals surface area (Å²) in [7, 11) is 0. The van der Waals surface area contributed by atoms with Crippen molar-refractivity contribution in [3.8, 4) is 0 Å². The molecular weight excluding hydrogens is 419 g/mol. The number of hydrogen-bond donors (Lipinski definition) is 0. The van der Waals surface area contributed by atoms with Gasteiger partial charge in [-0.3, -0.25) is 29.5 Å². The molecule has 5 rings (SSSR count). The summed E-state index contributed by atoms with van der Waals surface area (Å²) < 4.78 is 14.4. The number of amides is 2. The van der Waals surface area contributed by atoms with Crippen LogP contribution < -0.4 is 4.90 Å². The minimum atomic E-state index is -1.17. The van der Waals surface area contributed by atoms with Crippen molar-refractivity contribution in [1.82, 2.24) is 5.01 Å². The third-order valence-electron chi connectivity index (χ3n) is 5.99. The van der Waals surface area contributed by atoms with E-state index in [1.807, 2.05) is 0 Å². The summed E-state index contributed by atoms with van der Waals surface area (Å²) in [5.41, 5.74) is -0.419. The van der Waals surface area contributed by atoms with Crippen molar-refractivity contribution in [3.63, 3.8) is 0 Å². The molecule has 0 spiro atoms. The number of para-hydroxylation sites is 1. The van der Waals surface area contributed by atoms with Gasteiger partial charge in [-0.05, 0) is 18.2 Å². The summed E-state index contributed by atoms with van der Waals surface area (Å²) in [5.74, 6) is -4.68. The number of non-ortho nitro benzene ring substituents is 1. The molecule has 2 amide bonds. The van der Waals surface area contributed by atoms with Crippen molar-refractivity contribution < 1.29 is 23.7 Å². The van der Waals surface area contributed by atoms with E-state index in [0.717, 1.165) is 17.0 Å². The number of Topliss-reactive ketones (excluding diaryl/α,β-unsaturated/α-hetero) is 1. The van der Waals surface area contributed by atoms with Gasteiger partial charge in [-0.15, -0.1) is 0 Å². The van der Waals surface area contributed by atoms with E-state index in [9.17, 15) is 28.9 Å². The first-order valence-corrected chi connectivity index (χ1v) is 9.80. The predicted octanol–water partition coefficient (Wildman–Crippen LogP) is 2.33. The number of hydrazone groups is 1. The highest BCUT2D eigenvalue weighted by Crippen LogP contribution is 2.46. The Kier molecular flexibility index (Phi) is 4.43. The molecule has 2 aromatic carbocycles. The van der Waals surface area contributed by atoms with Gasteiger partial charge in [-0.25, -0.2) is 9.29 Å². The smallest absolute Gasteiger partial charge is 0.270 e. The molecule has 4 atom stereocenters. The lowest BCUT2D eigenvalue weighted by Crippen LogP contribution is -2.46. The molecular formula is C22H15FN4O5. The SMILES string of the molecule is O=C(c1cccc([N+](=O)[O-])c1)[C@@H]1[C@@H]2C(=O)N(c3ccccc3F)C(=O)[C@H]2[C@@H]2C=CC=NN12. The number of halogens is 1. The van der Waals surface area contributed by atoms with Crippen LogP contribution in [0.4, 0.5) is 15.8 Å². The summed E-state index contributed by atoms with van der Waals surface area (Å²) in [6.45, 7) is 0. The number of hydrogen-bond acceptors (Lipinski definition) is 7. The number of nitro benzene ring substituents is 1. The normalized spacial score (nSPS) is 25.8. The minimum absolute atomic E-state index is 0.0259. The molecule has 0 radical (unpaired) electrons. The van der Waals surface area contributed by atoms with E-state index in [-0.39, 0.29) is 16.9 Å². The van der Waals surface area contributed by atoms with E-state index in [2.05, 4.69) is 5.10 Å². The van der Waals surface area contributed by atoms with Crippen LogP contribution in [-0.4, -0.2) is 45.8 Å². The Bertz CT molecular complexity index is 1240. The molecule has 0 saturated carbocycles. The number of anilines is 1. The molecule has 10 heteroatoms. The highest BCUT2D eigenvalue weighted by Gasteiger charge is 2.64. The maximum atomic E-state index is 14.4. The van der Waals surface area contributed by atoms with Crippen molar-refractivity contribution in [2.75, 3.05) is 4.90 Å². The zero-order valence-corrected chi connectivity index (χ0v) is 16.4. The van der Waals surface area contributed by atoms with Crippen molar-refractivity contribution in [3.05, 3.63) is 82.2 Å². The summed E-state index contributed by atoms with van der Waals surface area (Å²) >= 11 is 0. The second kappa shape index (κ2) is 7.19. The highest BCUT2D eigenvalue weighted by atomic mass is 19.1. The number of carbonyl (C=O) groups excluding carboxylic acids is 3. The zero-order chi connectivity index (χ0) is 22.6. The van der Waals surface area contributed by atoms with Gasteiger partial charge in [0, 0.05) is 23.9 Å². The van der Waals surface area contributed by atoms with Crippen molar-refractivity contribution >= 4 is 35.2 Å². The van der Waals surface area contributed by atoms with Gasteiger partial charge in [0.25, 0.3) is 5.69 Å². The van der Waals surface area contributed by atoms with Gasteiger partial charge in [0.2, 0.25) is 11.8 Å². The lowest BCUT2D eigenvalue weighted by molar-refractivity contribution is -0.384. The van der Waals surface area contributed by atoms with Crippen LogP contribution in [0, 0.1) is 27.8 Å². The fourth-order valence-corrected chi connectivity index (χ4v) is 4.65. The van der Waals surface area contributed by atoms with Crippen LogP contribution in [-0.2, 0) is 9.59 Å². The molecule has 0 N–H and O–H groups in total. The summed E-state index contributed by atoms with van der Waals surface area (Å²) in [5, 5.41) is 16.8. The maximum Gasteiger partial charge on any atom is 0.270 e. The number of ketones is 1. The minimum Gasteiger partial charge on any atom is -0.292 e. The lowest BCUT2D eigenvalue weighted by Gasteiger charge is -2.30. The van der Waals surface area contributed by atoms with Crippen LogP contribution in [0.25, 0.3) is 0 Å². The lowest BCUT2D eigenvalue weighted by atomic mass is 9.86. The standard InChI is InChI=1S/C22H15FN4O5/c23-14-7-1-2-8-15(14)25-21(29)17-16-9-4-10-24-26(16)19(18(17)22(25)30)20(28)12-5-3-6-13(11-12)27(31)32/h1-11,16-19H/t16-,17-,18+,19-/m0/s1. The van der Waals surface area contributed by atoms with Gasteiger partial charge in [0.15, 0.2) is 5.78 Å². The molecule has 2 aromatic rings. The second-order valence-electron chi connectivity index (χ2n) is 7.65. The van der Waals surface area contributed by atoms with Crippen LogP contribution >= 0.6 is 0 Å². The van der Waals surface area contributed by atoms with Crippen LogP contribution in [0.5, 0.6) is 0 Å². The Labute approximate surface area is 180 Å². The van der Waals surface area contributed by atoms with Crippen molar-refractivity contribution in [1.29, 1.82) is 0 Å². The number of fused-ring (bicyclic) bond motifs is 3. The van der Waals surface area contributed by atoms with Crippen LogP contribution in [0.1, 0.15) is 10.4 Å². The number of rotatable bonds is 4. The largest absolute Gasteiger partial charge is 0.292 e. The molecule has 0 aliphatic carbocycles. The van der Waals surface area contributed by atoms with E-state index in [1.54, 1.807) is 12.2 Å². The number of allylic oxidation sites excluding steroid dienone is 1. The monoisotopic (exact) mass is 434 g/mol. The van der Waals surface area contributed by atoms with Gasteiger partial charge in [0.1, 0.15) is 11.9 Å². The first kappa shape index (κ1) is 19.7. The highest BCUT2D eigenvalue weighted by molar-refractivity contribution is 6.24. The first-order chi connectivity index (χ1) is 15.4. The Balaban J connectivity index is 1.59. The molecule has 160 valence electrons. The molecule has 9 nitrogen and oxygen atoms in total. The number of carbonyl (C=O) groups is 3. The maximum absolute atomic E-state index is 14.4. The third kappa shape index (κ3) is 2.76. The number of nitro groups is 1. The average Bonchev–Trinajstić information content (AvgIpc) is 3.27. The number of nitrogens with zero attached hydrogens (tertiary/aromatic N) is 4. The van der Waals surface area contributed by atoms with E-state index in [0.29, 0.717) is 0 Å². The van der Waals surface area contributed by atoms with Gasteiger partial charge < -0.3 is 0 Å².